The molecule has 0 aliphatic carbocycles. The van der Waals surface area contributed by atoms with Crippen molar-refractivity contribution in [2.24, 2.45) is 5.73 Å². The van der Waals surface area contributed by atoms with Gasteiger partial charge in [0.15, 0.2) is 0 Å². The maximum Gasteiger partial charge on any atom is 0.249 e. The predicted molar refractivity (Wildman–Crippen MR) is 90.8 cm³/mol. The van der Waals surface area contributed by atoms with Crippen molar-refractivity contribution in [1.82, 2.24) is 0 Å². The van der Waals surface area contributed by atoms with E-state index in [9.17, 15) is 4.79 Å². The van der Waals surface area contributed by atoms with Crippen molar-refractivity contribution < 1.29 is 4.79 Å². The average Bonchev–Trinajstić information content (AvgIpc) is 2.53. The minimum Gasteiger partial charge on any atom is -0.317 e. The number of carbonyl (C=O) groups excluding carboxylic acids is 1. The largest absolute Gasteiger partial charge is 0.317 e. The molecule has 5 heteroatoms. The Morgan fingerprint density at radius 3 is 2.10 bits per heavy atom. The lowest BCUT2D eigenvalue weighted by molar-refractivity contribution is -0.127. The van der Waals surface area contributed by atoms with E-state index >= 15 is 0 Å². The lowest BCUT2D eigenvalue weighted by atomic mass is 9.87. The molecule has 2 aromatic rings. The molecule has 1 heterocycles. The van der Waals surface area contributed by atoms with Gasteiger partial charge in [-0.15, -0.1) is 24.2 Å². The molecule has 2 aromatic carbocycles. The summed E-state index contributed by atoms with van der Waals surface area (Å²) in [6.07, 6.45) is 2.00. The van der Waals surface area contributed by atoms with Gasteiger partial charge in [0, 0.05) is 5.69 Å². The van der Waals surface area contributed by atoms with Crippen LogP contribution in [0.1, 0.15) is 5.56 Å². The minimum absolute atomic E-state index is 0. The number of β-lactam (4-membered cyclic amide) rings is 1. The molecule has 110 valence electrons. The zero-order chi connectivity index (χ0) is 14.2. The number of benzene rings is 2. The van der Waals surface area contributed by atoms with E-state index in [1.807, 2.05) is 66.9 Å². The Kier molecular flexibility index (Phi) is 4.61. The lowest BCUT2D eigenvalue weighted by Crippen LogP contribution is -2.74. The quantitative estimate of drug-likeness (QED) is 0.884. The summed E-state index contributed by atoms with van der Waals surface area (Å²) in [5, 5.41) is 0. The summed E-state index contributed by atoms with van der Waals surface area (Å²) < 4.78 is 0. The highest BCUT2D eigenvalue weighted by Crippen LogP contribution is 2.50. The van der Waals surface area contributed by atoms with E-state index in [2.05, 4.69) is 0 Å². The molecule has 0 radical (unpaired) electrons. The first-order valence-corrected chi connectivity index (χ1v) is 7.69. The highest BCUT2D eigenvalue weighted by molar-refractivity contribution is 7.99. The molecule has 0 spiro atoms. The second kappa shape index (κ2) is 6.10. The average molecular weight is 321 g/mol. The number of halogens is 1. The second-order valence-electron chi connectivity index (χ2n) is 4.75. The van der Waals surface area contributed by atoms with E-state index in [1.165, 1.54) is 0 Å². The van der Waals surface area contributed by atoms with Crippen molar-refractivity contribution in [3.05, 3.63) is 66.2 Å². The van der Waals surface area contributed by atoms with Crippen LogP contribution in [-0.2, 0) is 9.67 Å². The number of rotatable bonds is 3. The molecule has 0 aromatic heterocycles. The van der Waals surface area contributed by atoms with Gasteiger partial charge < -0.3 is 5.73 Å². The Morgan fingerprint density at radius 1 is 1.05 bits per heavy atom. The molecule has 21 heavy (non-hydrogen) atoms. The molecule has 0 bridgehead atoms. The highest BCUT2D eigenvalue weighted by atomic mass is 35.5. The molecular weight excluding hydrogens is 304 g/mol. The fraction of sp³-hybridized carbons (Fsp3) is 0.188. The minimum atomic E-state index is -0.514. The van der Waals surface area contributed by atoms with Crippen molar-refractivity contribution in [2.45, 2.75) is 10.9 Å². The number of hydrogen-bond acceptors (Lipinski definition) is 3. The summed E-state index contributed by atoms with van der Waals surface area (Å²) in [7, 11) is 0. The highest BCUT2D eigenvalue weighted by Gasteiger charge is 2.59. The first kappa shape index (κ1) is 15.9. The fourth-order valence-corrected chi connectivity index (χ4v) is 3.87. The first-order chi connectivity index (χ1) is 9.71. The summed E-state index contributed by atoms with van der Waals surface area (Å²) in [5.74, 6) is -0.0330. The second-order valence-corrected chi connectivity index (χ2v) is 5.78. The van der Waals surface area contributed by atoms with Crippen LogP contribution >= 0.6 is 24.2 Å². The zero-order valence-corrected chi connectivity index (χ0v) is 13.2. The third-order valence-electron chi connectivity index (χ3n) is 3.75. The molecule has 3 nitrogen and oxygen atoms in total. The van der Waals surface area contributed by atoms with E-state index in [4.69, 9.17) is 5.73 Å². The van der Waals surface area contributed by atoms with Gasteiger partial charge in [0.25, 0.3) is 0 Å². The van der Waals surface area contributed by atoms with Crippen LogP contribution in [0.5, 0.6) is 0 Å². The van der Waals surface area contributed by atoms with Gasteiger partial charge in [0.05, 0.1) is 0 Å². The smallest absolute Gasteiger partial charge is 0.249 e. The Labute approximate surface area is 134 Å². The van der Waals surface area contributed by atoms with E-state index in [0.29, 0.717) is 0 Å². The summed E-state index contributed by atoms with van der Waals surface area (Å²) in [4.78, 5) is 13.6. The van der Waals surface area contributed by atoms with Gasteiger partial charge in [0.2, 0.25) is 5.91 Å². The van der Waals surface area contributed by atoms with Crippen LogP contribution in [0.3, 0.4) is 0 Å². The standard InChI is InChI=1S/C16H16N2OS.ClH/c1-20-16(12-8-4-2-5-9-12)14(17)15(19)18(16)13-10-6-3-7-11-13;/h2-11,14H,17H2,1H3;1H. The molecule has 3 rings (SSSR count). The van der Waals surface area contributed by atoms with Crippen LogP contribution < -0.4 is 10.6 Å². The molecule has 1 fully saturated rings. The van der Waals surface area contributed by atoms with Crippen LogP contribution in [0.2, 0.25) is 0 Å². The van der Waals surface area contributed by atoms with Gasteiger partial charge in [-0.3, -0.25) is 9.69 Å². The van der Waals surface area contributed by atoms with Gasteiger partial charge >= 0.3 is 0 Å². The Bertz CT molecular complexity index is 623. The molecular formula is C16H17ClN2OS. The molecule has 2 atom stereocenters. The Morgan fingerprint density at radius 2 is 1.57 bits per heavy atom. The molecule has 1 saturated heterocycles. The number of thioether (sulfide) groups is 1. The topological polar surface area (TPSA) is 46.3 Å². The van der Waals surface area contributed by atoms with Gasteiger partial charge in [-0.2, -0.15) is 0 Å². The summed E-state index contributed by atoms with van der Waals surface area (Å²) in [5.41, 5.74) is 8.10. The van der Waals surface area contributed by atoms with E-state index < -0.39 is 10.9 Å². The van der Waals surface area contributed by atoms with Crippen molar-refractivity contribution in [2.75, 3.05) is 11.2 Å². The van der Waals surface area contributed by atoms with Crippen LogP contribution in [0, 0.1) is 0 Å². The predicted octanol–water partition coefficient (Wildman–Crippen LogP) is 3.00. The fourth-order valence-electron chi connectivity index (χ4n) is 2.76. The van der Waals surface area contributed by atoms with E-state index in [1.54, 1.807) is 16.7 Å². The maximum atomic E-state index is 12.3. The number of nitrogens with zero attached hydrogens (tertiary/aromatic N) is 1. The number of para-hydroxylation sites is 1. The Balaban J connectivity index is 0.00000161. The third-order valence-corrected chi connectivity index (χ3v) is 5.05. The Hall–Kier alpha value is -1.49. The maximum absolute atomic E-state index is 12.3. The first-order valence-electron chi connectivity index (χ1n) is 6.47. The lowest BCUT2D eigenvalue weighted by Gasteiger charge is -2.55. The number of carbonyl (C=O) groups is 1. The van der Waals surface area contributed by atoms with Crippen molar-refractivity contribution in [3.63, 3.8) is 0 Å². The van der Waals surface area contributed by atoms with Gasteiger partial charge in [-0.25, -0.2) is 0 Å². The van der Waals surface area contributed by atoms with E-state index in [0.717, 1.165) is 11.3 Å². The molecule has 2 unspecified atom stereocenters. The molecule has 1 aliphatic rings. The monoisotopic (exact) mass is 320 g/mol. The molecule has 2 N–H and O–H groups in total. The van der Waals surface area contributed by atoms with E-state index in [-0.39, 0.29) is 18.3 Å². The van der Waals surface area contributed by atoms with Crippen LogP contribution in [0.15, 0.2) is 60.7 Å². The van der Waals surface area contributed by atoms with Crippen molar-refractivity contribution in [1.29, 1.82) is 0 Å². The van der Waals surface area contributed by atoms with Crippen LogP contribution in [0.4, 0.5) is 5.69 Å². The number of nitrogens with two attached hydrogens (primary N) is 1. The molecule has 1 aliphatic heterocycles. The van der Waals surface area contributed by atoms with Gasteiger partial charge in [0.1, 0.15) is 10.9 Å². The van der Waals surface area contributed by atoms with Gasteiger partial charge in [-0.05, 0) is 24.0 Å². The van der Waals surface area contributed by atoms with Crippen molar-refractivity contribution in [3.8, 4) is 0 Å². The SMILES string of the molecule is CSC1(c2ccccc2)C(N)C(=O)N1c1ccccc1.Cl. The summed E-state index contributed by atoms with van der Waals surface area (Å²) in [6, 6.07) is 19.2. The summed E-state index contributed by atoms with van der Waals surface area (Å²) in [6.45, 7) is 0. The number of amides is 1. The normalized spacial score (nSPS) is 24.2. The zero-order valence-electron chi connectivity index (χ0n) is 11.6. The summed E-state index contributed by atoms with van der Waals surface area (Å²) >= 11 is 1.61. The van der Waals surface area contributed by atoms with Crippen molar-refractivity contribution >= 4 is 35.8 Å². The van der Waals surface area contributed by atoms with Crippen LogP contribution in [-0.4, -0.2) is 18.2 Å². The number of hydrogen-bond donors (Lipinski definition) is 1. The third kappa shape index (κ3) is 2.24. The molecule has 1 amide bonds. The van der Waals surface area contributed by atoms with Crippen LogP contribution in [0.25, 0.3) is 0 Å². The number of anilines is 1. The van der Waals surface area contributed by atoms with Gasteiger partial charge in [-0.1, -0.05) is 48.5 Å². The molecule has 0 saturated carbocycles.